The van der Waals surface area contributed by atoms with Gasteiger partial charge < -0.3 is 5.11 Å². The number of fused-ring (bicyclic) bond motifs is 1. The van der Waals surface area contributed by atoms with Crippen LogP contribution in [-0.4, -0.2) is 20.9 Å². The van der Waals surface area contributed by atoms with E-state index in [2.05, 4.69) is 0 Å². The van der Waals surface area contributed by atoms with Crippen LogP contribution in [0.15, 0.2) is 66.7 Å². The molecule has 0 aliphatic rings. The summed E-state index contributed by atoms with van der Waals surface area (Å²) in [5, 5.41) is 15.7. The van der Waals surface area contributed by atoms with E-state index in [-0.39, 0.29) is 5.56 Å². The molecule has 4 nitrogen and oxygen atoms in total. The summed E-state index contributed by atoms with van der Waals surface area (Å²) in [5.41, 5.74) is 5.14. The van der Waals surface area contributed by atoms with Crippen molar-refractivity contribution in [3.05, 3.63) is 88.4 Å². The lowest BCUT2D eigenvalue weighted by molar-refractivity contribution is 0.0697. The standard InChI is InChI=1S/C22H17ClN2O2/c1-14-5-4-7-19(23)18(14)13-25-20-8-3-2-6-17(20)21(24-25)15-9-11-16(12-10-15)22(26)27/h2-12H,13H2,1H3,(H,26,27). The fourth-order valence-corrected chi connectivity index (χ4v) is 3.53. The van der Waals surface area contributed by atoms with Crippen LogP contribution in [0.4, 0.5) is 0 Å². The van der Waals surface area contributed by atoms with Crippen molar-refractivity contribution in [2.75, 3.05) is 0 Å². The zero-order valence-corrected chi connectivity index (χ0v) is 15.4. The third-order valence-corrected chi connectivity index (χ3v) is 5.08. The van der Waals surface area contributed by atoms with Gasteiger partial charge in [0.1, 0.15) is 5.69 Å². The van der Waals surface area contributed by atoms with Crippen LogP contribution >= 0.6 is 11.6 Å². The number of hydrogen-bond donors (Lipinski definition) is 1. The highest BCUT2D eigenvalue weighted by atomic mass is 35.5. The summed E-state index contributed by atoms with van der Waals surface area (Å²) in [6.07, 6.45) is 0. The number of carboxylic acids is 1. The molecule has 4 rings (SSSR count). The van der Waals surface area contributed by atoms with E-state index in [0.717, 1.165) is 38.3 Å². The summed E-state index contributed by atoms with van der Waals surface area (Å²) in [6, 6.07) is 20.7. The molecule has 0 saturated carbocycles. The Hall–Kier alpha value is -3.11. The molecule has 0 bridgehead atoms. The lowest BCUT2D eigenvalue weighted by atomic mass is 10.1. The highest BCUT2D eigenvalue weighted by Crippen LogP contribution is 2.30. The van der Waals surface area contributed by atoms with Crippen molar-refractivity contribution in [3.8, 4) is 11.3 Å². The van der Waals surface area contributed by atoms with E-state index in [1.165, 1.54) is 0 Å². The Morgan fingerprint density at radius 3 is 2.48 bits per heavy atom. The number of hydrogen-bond acceptors (Lipinski definition) is 2. The Kier molecular flexibility index (Phi) is 4.42. The van der Waals surface area contributed by atoms with Crippen LogP contribution in [0.3, 0.4) is 0 Å². The van der Waals surface area contributed by atoms with E-state index < -0.39 is 5.97 Å². The number of halogens is 1. The van der Waals surface area contributed by atoms with Crippen molar-refractivity contribution in [3.63, 3.8) is 0 Å². The van der Waals surface area contributed by atoms with Crippen molar-refractivity contribution < 1.29 is 9.90 Å². The average molecular weight is 377 g/mol. The predicted octanol–water partition coefficient (Wildman–Crippen LogP) is 5.41. The average Bonchev–Trinajstić information content (AvgIpc) is 3.04. The van der Waals surface area contributed by atoms with Gasteiger partial charge in [-0.2, -0.15) is 5.10 Å². The molecule has 3 aromatic carbocycles. The van der Waals surface area contributed by atoms with Gasteiger partial charge in [-0.15, -0.1) is 0 Å². The van der Waals surface area contributed by atoms with Gasteiger partial charge in [-0.25, -0.2) is 4.79 Å². The summed E-state index contributed by atoms with van der Waals surface area (Å²) >= 11 is 6.40. The van der Waals surface area contributed by atoms with Crippen LogP contribution in [-0.2, 0) is 6.54 Å². The third kappa shape index (κ3) is 3.20. The van der Waals surface area contributed by atoms with Crippen LogP contribution in [0.1, 0.15) is 21.5 Å². The molecule has 0 aliphatic carbocycles. The Labute approximate surface area is 161 Å². The van der Waals surface area contributed by atoms with Crippen molar-refractivity contribution in [1.29, 1.82) is 0 Å². The van der Waals surface area contributed by atoms with Gasteiger partial charge in [0.15, 0.2) is 0 Å². The molecule has 0 unspecified atom stereocenters. The van der Waals surface area contributed by atoms with Gasteiger partial charge in [-0.1, -0.05) is 54.1 Å². The predicted molar refractivity (Wildman–Crippen MR) is 107 cm³/mol. The van der Waals surface area contributed by atoms with Gasteiger partial charge in [0.05, 0.1) is 17.6 Å². The summed E-state index contributed by atoms with van der Waals surface area (Å²) in [4.78, 5) is 11.1. The van der Waals surface area contributed by atoms with Gasteiger partial charge >= 0.3 is 5.97 Å². The van der Waals surface area contributed by atoms with Gasteiger partial charge in [0, 0.05) is 16.0 Å². The zero-order chi connectivity index (χ0) is 19.0. The maximum Gasteiger partial charge on any atom is 0.335 e. The first-order chi connectivity index (χ1) is 13.0. The molecular formula is C22H17ClN2O2. The Balaban J connectivity index is 1.83. The fraction of sp³-hybridized carbons (Fsp3) is 0.0909. The van der Waals surface area contributed by atoms with Crippen LogP contribution in [0, 0.1) is 6.92 Å². The number of aromatic nitrogens is 2. The molecule has 0 aliphatic heterocycles. The molecule has 0 atom stereocenters. The molecule has 134 valence electrons. The fourth-order valence-electron chi connectivity index (χ4n) is 3.25. The lowest BCUT2D eigenvalue weighted by Crippen LogP contribution is -2.04. The number of para-hydroxylation sites is 1. The van der Waals surface area contributed by atoms with Crippen LogP contribution < -0.4 is 0 Å². The normalized spacial score (nSPS) is 11.0. The van der Waals surface area contributed by atoms with E-state index in [4.69, 9.17) is 21.8 Å². The Morgan fingerprint density at radius 1 is 1.04 bits per heavy atom. The molecule has 0 saturated heterocycles. The third-order valence-electron chi connectivity index (χ3n) is 4.72. The van der Waals surface area contributed by atoms with E-state index in [9.17, 15) is 4.79 Å². The van der Waals surface area contributed by atoms with E-state index in [1.807, 2.05) is 54.1 Å². The maximum absolute atomic E-state index is 11.1. The van der Waals surface area contributed by atoms with Gasteiger partial charge in [0.25, 0.3) is 0 Å². The molecule has 5 heteroatoms. The van der Waals surface area contributed by atoms with Crippen LogP contribution in [0.5, 0.6) is 0 Å². The minimum absolute atomic E-state index is 0.259. The van der Waals surface area contributed by atoms with Gasteiger partial charge in [-0.3, -0.25) is 4.68 Å². The largest absolute Gasteiger partial charge is 0.478 e. The molecule has 0 spiro atoms. The zero-order valence-electron chi connectivity index (χ0n) is 14.7. The molecule has 1 heterocycles. The molecule has 0 fully saturated rings. The van der Waals surface area contributed by atoms with Crippen molar-refractivity contribution in [2.24, 2.45) is 0 Å². The summed E-state index contributed by atoms with van der Waals surface area (Å²) in [6.45, 7) is 2.61. The topological polar surface area (TPSA) is 55.1 Å². The summed E-state index contributed by atoms with van der Waals surface area (Å²) in [5.74, 6) is -0.939. The molecule has 1 aromatic heterocycles. The number of carboxylic acid groups (broad SMARTS) is 1. The van der Waals surface area contributed by atoms with Crippen molar-refractivity contribution >= 4 is 28.5 Å². The van der Waals surface area contributed by atoms with Crippen LogP contribution in [0.25, 0.3) is 22.2 Å². The van der Waals surface area contributed by atoms with Gasteiger partial charge in [-0.05, 0) is 42.3 Å². The molecule has 0 amide bonds. The molecule has 0 radical (unpaired) electrons. The van der Waals surface area contributed by atoms with Crippen LogP contribution in [0.2, 0.25) is 5.02 Å². The molecular weight excluding hydrogens is 360 g/mol. The number of rotatable bonds is 4. The number of carbonyl (C=O) groups is 1. The second-order valence-electron chi connectivity index (χ2n) is 6.44. The van der Waals surface area contributed by atoms with E-state index >= 15 is 0 Å². The highest BCUT2D eigenvalue weighted by Gasteiger charge is 2.14. The summed E-state index contributed by atoms with van der Waals surface area (Å²) < 4.78 is 1.95. The minimum Gasteiger partial charge on any atom is -0.478 e. The van der Waals surface area contributed by atoms with E-state index in [0.29, 0.717) is 6.54 Å². The Bertz CT molecular complexity index is 1130. The van der Waals surface area contributed by atoms with Gasteiger partial charge in [0.2, 0.25) is 0 Å². The van der Waals surface area contributed by atoms with E-state index in [1.54, 1.807) is 24.3 Å². The lowest BCUT2D eigenvalue weighted by Gasteiger charge is -2.09. The minimum atomic E-state index is -0.939. The summed E-state index contributed by atoms with van der Waals surface area (Å²) in [7, 11) is 0. The first-order valence-corrected chi connectivity index (χ1v) is 8.95. The Morgan fingerprint density at radius 2 is 1.78 bits per heavy atom. The monoisotopic (exact) mass is 376 g/mol. The second kappa shape index (κ2) is 6.89. The molecule has 4 aromatic rings. The number of benzene rings is 3. The number of nitrogens with zero attached hydrogens (tertiary/aromatic N) is 2. The molecule has 1 N–H and O–H groups in total. The van der Waals surface area contributed by atoms with Crippen molar-refractivity contribution in [1.82, 2.24) is 9.78 Å². The highest BCUT2D eigenvalue weighted by molar-refractivity contribution is 6.31. The number of aryl methyl sites for hydroxylation is 1. The first kappa shape index (κ1) is 17.3. The second-order valence-corrected chi connectivity index (χ2v) is 6.85. The smallest absolute Gasteiger partial charge is 0.335 e. The SMILES string of the molecule is Cc1cccc(Cl)c1Cn1nc(-c2ccc(C(=O)O)cc2)c2ccccc21. The first-order valence-electron chi connectivity index (χ1n) is 8.58. The quantitative estimate of drug-likeness (QED) is 0.518. The molecule has 27 heavy (non-hydrogen) atoms. The van der Waals surface area contributed by atoms with Crippen molar-refractivity contribution in [2.45, 2.75) is 13.5 Å². The number of aromatic carboxylic acids is 1. The maximum atomic E-state index is 11.1.